The molecule has 1 fully saturated rings. The van der Waals surface area contributed by atoms with Gasteiger partial charge in [0.1, 0.15) is 5.65 Å². The van der Waals surface area contributed by atoms with Gasteiger partial charge in [-0.3, -0.25) is 4.40 Å². The van der Waals surface area contributed by atoms with E-state index in [2.05, 4.69) is 11.9 Å². The van der Waals surface area contributed by atoms with Gasteiger partial charge in [-0.2, -0.15) is 0 Å². The average molecular weight is 300 g/mol. The van der Waals surface area contributed by atoms with Crippen LogP contribution in [-0.2, 0) is 0 Å². The maximum absolute atomic E-state index is 11.7. The van der Waals surface area contributed by atoms with E-state index < -0.39 is 5.97 Å². The van der Waals surface area contributed by atoms with Crippen molar-refractivity contribution in [2.24, 2.45) is 5.92 Å². The predicted molar refractivity (Wildman–Crippen MR) is 86.4 cm³/mol. The third-order valence-electron chi connectivity index (χ3n) is 4.96. The third kappa shape index (κ3) is 2.87. The molecular weight excluding hydrogens is 276 g/mol. The highest BCUT2D eigenvalue weighted by molar-refractivity contribution is 5.88. The van der Waals surface area contributed by atoms with Crippen molar-refractivity contribution < 1.29 is 9.90 Å². The SMILES string of the molecule is CCCCC1CCC(c2nc3ccccn3c2C(=O)O)CC1. The number of pyridine rings is 1. The van der Waals surface area contributed by atoms with Crippen molar-refractivity contribution in [1.29, 1.82) is 0 Å². The monoisotopic (exact) mass is 300 g/mol. The maximum Gasteiger partial charge on any atom is 0.354 e. The number of nitrogens with zero attached hydrogens (tertiary/aromatic N) is 2. The molecule has 0 unspecified atom stereocenters. The van der Waals surface area contributed by atoms with Crippen LogP contribution in [0, 0.1) is 5.92 Å². The van der Waals surface area contributed by atoms with E-state index in [4.69, 9.17) is 0 Å². The first-order chi connectivity index (χ1) is 10.7. The van der Waals surface area contributed by atoms with Crippen molar-refractivity contribution in [3.8, 4) is 0 Å². The lowest BCUT2D eigenvalue weighted by molar-refractivity contribution is 0.0686. The van der Waals surface area contributed by atoms with Crippen molar-refractivity contribution in [1.82, 2.24) is 9.38 Å². The molecule has 1 saturated carbocycles. The molecule has 0 bridgehead atoms. The zero-order chi connectivity index (χ0) is 15.5. The first kappa shape index (κ1) is 15.1. The first-order valence-electron chi connectivity index (χ1n) is 8.41. The van der Waals surface area contributed by atoms with E-state index in [1.165, 1.54) is 32.1 Å². The number of imidazole rings is 1. The summed E-state index contributed by atoms with van der Waals surface area (Å²) >= 11 is 0. The summed E-state index contributed by atoms with van der Waals surface area (Å²) in [5.74, 6) is 0.243. The van der Waals surface area contributed by atoms with Crippen molar-refractivity contribution >= 4 is 11.6 Å². The zero-order valence-corrected chi connectivity index (χ0v) is 13.2. The predicted octanol–water partition coefficient (Wildman–Crippen LogP) is 4.50. The van der Waals surface area contributed by atoms with Crippen molar-refractivity contribution in [2.45, 2.75) is 57.8 Å². The molecule has 0 spiro atoms. The van der Waals surface area contributed by atoms with Crippen LogP contribution in [0.1, 0.15) is 74.0 Å². The normalized spacial score (nSPS) is 22.0. The van der Waals surface area contributed by atoms with E-state index in [-0.39, 0.29) is 0 Å². The van der Waals surface area contributed by atoms with E-state index in [9.17, 15) is 9.90 Å². The van der Waals surface area contributed by atoms with Crippen LogP contribution < -0.4 is 0 Å². The Hall–Kier alpha value is -1.84. The fraction of sp³-hybridized carbons (Fsp3) is 0.556. The standard InChI is InChI=1S/C18H24N2O2/c1-2-3-6-13-8-10-14(11-9-13)16-17(18(21)22)20-12-5-4-7-15(20)19-16/h4-5,7,12-14H,2-3,6,8-11H2,1H3,(H,21,22). The van der Waals surface area contributed by atoms with Crippen LogP contribution in [0.5, 0.6) is 0 Å². The molecule has 0 radical (unpaired) electrons. The Bertz CT molecular complexity index is 654. The lowest BCUT2D eigenvalue weighted by atomic mass is 9.78. The highest BCUT2D eigenvalue weighted by atomic mass is 16.4. The molecule has 0 aromatic carbocycles. The minimum absolute atomic E-state index is 0.295. The second-order valence-corrected chi connectivity index (χ2v) is 6.44. The lowest BCUT2D eigenvalue weighted by Gasteiger charge is -2.27. The molecule has 2 heterocycles. The average Bonchev–Trinajstić information content (AvgIpc) is 2.93. The molecule has 2 aromatic rings. The van der Waals surface area contributed by atoms with E-state index in [0.29, 0.717) is 11.6 Å². The quantitative estimate of drug-likeness (QED) is 0.884. The molecule has 4 nitrogen and oxygen atoms in total. The topological polar surface area (TPSA) is 54.6 Å². The molecule has 2 aromatic heterocycles. The van der Waals surface area contributed by atoms with Gasteiger partial charge in [-0.1, -0.05) is 32.3 Å². The summed E-state index contributed by atoms with van der Waals surface area (Å²) in [4.78, 5) is 16.3. The van der Waals surface area contributed by atoms with Crippen molar-refractivity contribution in [3.05, 3.63) is 35.8 Å². The molecule has 0 atom stereocenters. The fourth-order valence-corrected chi connectivity index (χ4v) is 3.73. The van der Waals surface area contributed by atoms with E-state index in [1.807, 2.05) is 18.2 Å². The molecule has 0 saturated heterocycles. The van der Waals surface area contributed by atoms with E-state index >= 15 is 0 Å². The van der Waals surface area contributed by atoms with Gasteiger partial charge in [-0.25, -0.2) is 9.78 Å². The Balaban J connectivity index is 1.82. The highest BCUT2D eigenvalue weighted by Gasteiger charge is 2.29. The van der Waals surface area contributed by atoms with Crippen LogP contribution in [0.4, 0.5) is 0 Å². The van der Waals surface area contributed by atoms with Crippen LogP contribution in [0.15, 0.2) is 24.4 Å². The number of aromatic nitrogens is 2. The van der Waals surface area contributed by atoms with Gasteiger partial charge in [-0.05, 0) is 43.7 Å². The zero-order valence-electron chi connectivity index (χ0n) is 13.2. The van der Waals surface area contributed by atoms with Crippen molar-refractivity contribution in [2.75, 3.05) is 0 Å². The van der Waals surface area contributed by atoms with Crippen LogP contribution in [0.25, 0.3) is 5.65 Å². The minimum atomic E-state index is -0.873. The number of aromatic carboxylic acids is 1. The van der Waals surface area contributed by atoms with Gasteiger partial charge in [0, 0.05) is 12.1 Å². The molecule has 1 aliphatic carbocycles. The van der Waals surface area contributed by atoms with Gasteiger partial charge < -0.3 is 5.11 Å². The fourth-order valence-electron chi connectivity index (χ4n) is 3.73. The van der Waals surface area contributed by atoms with Gasteiger partial charge in [0.2, 0.25) is 0 Å². The van der Waals surface area contributed by atoms with Gasteiger partial charge in [0.05, 0.1) is 5.69 Å². The van der Waals surface area contributed by atoms with E-state index in [1.54, 1.807) is 10.6 Å². The Kier molecular flexibility index (Phi) is 4.46. The molecule has 22 heavy (non-hydrogen) atoms. The third-order valence-corrected chi connectivity index (χ3v) is 4.96. The van der Waals surface area contributed by atoms with Gasteiger partial charge in [0.25, 0.3) is 0 Å². The molecule has 0 amide bonds. The summed E-state index contributed by atoms with van der Waals surface area (Å²) in [6, 6.07) is 5.63. The summed E-state index contributed by atoms with van der Waals surface area (Å²) in [5, 5.41) is 9.59. The maximum atomic E-state index is 11.7. The van der Waals surface area contributed by atoms with Crippen LogP contribution in [-0.4, -0.2) is 20.5 Å². The summed E-state index contributed by atoms with van der Waals surface area (Å²) in [5.41, 5.74) is 1.88. The van der Waals surface area contributed by atoms with Crippen LogP contribution in [0.2, 0.25) is 0 Å². The molecule has 1 N–H and O–H groups in total. The van der Waals surface area contributed by atoms with Gasteiger partial charge in [0.15, 0.2) is 5.69 Å². The Morgan fingerprint density at radius 2 is 2.09 bits per heavy atom. The summed E-state index contributed by atoms with van der Waals surface area (Å²) in [7, 11) is 0. The Morgan fingerprint density at radius 3 is 2.77 bits per heavy atom. The van der Waals surface area contributed by atoms with Gasteiger partial charge >= 0.3 is 5.97 Å². The largest absolute Gasteiger partial charge is 0.477 e. The van der Waals surface area contributed by atoms with Crippen molar-refractivity contribution in [3.63, 3.8) is 0 Å². The Morgan fingerprint density at radius 1 is 1.32 bits per heavy atom. The molecule has 0 aliphatic heterocycles. The number of hydrogen-bond acceptors (Lipinski definition) is 2. The first-order valence-corrected chi connectivity index (χ1v) is 8.41. The van der Waals surface area contributed by atoms with Gasteiger partial charge in [-0.15, -0.1) is 0 Å². The number of fused-ring (bicyclic) bond motifs is 1. The molecular formula is C18H24N2O2. The molecule has 1 aliphatic rings. The second kappa shape index (κ2) is 6.51. The number of hydrogen-bond donors (Lipinski definition) is 1. The summed E-state index contributed by atoms with van der Waals surface area (Å²) < 4.78 is 1.71. The lowest BCUT2D eigenvalue weighted by Crippen LogP contribution is -2.16. The number of carboxylic acid groups (broad SMARTS) is 1. The summed E-state index contributed by atoms with van der Waals surface area (Å²) in [6.45, 7) is 2.24. The minimum Gasteiger partial charge on any atom is -0.477 e. The number of unbranched alkanes of at least 4 members (excludes halogenated alkanes) is 1. The number of carbonyl (C=O) groups is 1. The Labute approximate surface area is 131 Å². The number of carboxylic acids is 1. The van der Waals surface area contributed by atoms with Crippen LogP contribution in [0.3, 0.4) is 0 Å². The molecule has 118 valence electrons. The highest BCUT2D eigenvalue weighted by Crippen LogP contribution is 2.38. The van der Waals surface area contributed by atoms with E-state index in [0.717, 1.165) is 30.1 Å². The number of rotatable bonds is 5. The van der Waals surface area contributed by atoms with Crippen LogP contribution >= 0.6 is 0 Å². The molecule has 4 heteroatoms. The second-order valence-electron chi connectivity index (χ2n) is 6.44. The molecule has 3 rings (SSSR count). The smallest absolute Gasteiger partial charge is 0.354 e. The summed E-state index contributed by atoms with van der Waals surface area (Å²) in [6.07, 6.45) is 10.2.